The monoisotopic (exact) mass is 508 g/mol. The lowest BCUT2D eigenvalue weighted by atomic mass is 9.85. The van der Waals surface area contributed by atoms with Crippen molar-refractivity contribution in [1.29, 1.82) is 0 Å². The molecule has 1 N–H and O–H groups in total. The van der Waals surface area contributed by atoms with Gasteiger partial charge in [0.05, 0.1) is 18.6 Å². The quantitative estimate of drug-likeness (QED) is 0.474. The van der Waals surface area contributed by atoms with Crippen molar-refractivity contribution in [2.24, 2.45) is 17.8 Å². The molecular weight excluding hydrogens is 471 g/mol. The smallest absolute Gasteiger partial charge is 0.311 e. The number of nitrogens with zero attached hydrogens (tertiary/aromatic N) is 1. The van der Waals surface area contributed by atoms with Gasteiger partial charge >= 0.3 is 5.97 Å². The van der Waals surface area contributed by atoms with Crippen LogP contribution in [0.3, 0.4) is 0 Å². The first-order valence-electron chi connectivity index (χ1n) is 13.5. The lowest BCUT2D eigenvalue weighted by molar-refractivity contribution is -0.150. The number of hydrogen-bond acceptors (Lipinski definition) is 4. The van der Waals surface area contributed by atoms with Crippen LogP contribution in [0.4, 0.5) is 4.39 Å². The van der Waals surface area contributed by atoms with Gasteiger partial charge in [0.2, 0.25) is 11.8 Å². The first-order valence-corrected chi connectivity index (χ1v) is 13.5. The highest BCUT2D eigenvalue weighted by Crippen LogP contribution is 2.46. The molecule has 7 heteroatoms. The standard InChI is InChI=1S/C30H37FN2O4/c1-3-37-30(36)26-20(2)27(29(35)32-19-22-13-16-24(31)17-14-22)33(28(26)23-11-5-4-6-12-23)25(34)18-15-21-9-7-8-10-21/h4-6,11-14,16-17,20-21,26-28H,3,7-10,15,18-19H2,1-2H3,(H,32,35). The molecule has 2 amide bonds. The first-order chi connectivity index (χ1) is 17.9. The highest BCUT2D eigenvalue weighted by molar-refractivity contribution is 5.91. The summed E-state index contributed by atoms with van der Waals surface area (Å²) in [5.41, 5.74) is 1.57. The van der Waals surface area contributed by atoms with Crippen molar-refractivity contribution >= 4 is 17.8 Å². The molecule has 2 aromatic carbocycles. The van der Waals surface area contributed by atoms with Gasteiger partial charge in [0.15, 0.2) is 0 Å². The Morgan fingerprint density at radius 1 is 1.03 bits per heavy atom. The number of likely N-dealkylation sites (tertiary alicyclic amines) is 1. The molecule has 1 saturated carbocycles. The van der Waals surface area contributed by atoms with Crippen molar-refractivity contribution in [1.82, 2.24) is 10.2 Å². The SMILES string of the molecule is CCOC(=O)C1C(C)C(C(=O)NCc2ccc(F)cc2)N(C(=O)CCC2CCCC2)C1c1ccccc1. The van der Waals surface area contributed by atoms with Crippen LogP contribution in [0.5, 0.6) is 0 Å². The Bertz CT molecular complexity index is 1070. The van der Waals surface area contributed by atoms with Crippen molar-refractivity contribution in [2.45, 2.75) is 71.0 Å². The molecule has 1 aliphatic heterocycles. The van der Waals surface area contributed by atoms with E-state index in [2.05, 4.69) is 5.32 Å². The molecule has 4 unspecified atom stereocenters. The maximum atomic E-state index is 13.8. The van der Waals surface area contributed by atoms with Crippen molar-refractivity contribution in [3.63, 3.8) is 0 Å². The summed E-state index contributed by atoms with van der Waals surface area (Å²) in [7, 11) is 0. The maximum Gasteiger partial charge on any atom is 0.311 e. The Hall–Kier alpha value is -3.22. The molecule has 1 aliphatic carbocycles. The van der Waals surface area contributed by atoms with Gasteiger partial charge in [-0.2, -0.15) is 0 Å². The van der Waals surface area contributed by atoms with Gasteiger partial charge < -0.3 is 15.0 Å². The van der Waals surface area contributed by atoms with Crippen molar-refractivity contribution in [3.8, 4) is 0 Å². The zero-order chi connectivity index (χ0) is 26.4. The topological polar surface area (TPSA) is 75.7 Å². The first kappa shape index (κ1) is 26.8. The fourth-order valence-electron chi connectivity index (χ4n) is 6.01. The van der Waals surface area contributed by atoms with Crippen LogP contribution in [0.25, 0.3) is 0 Å². The summed E-state index contributed by atoms with van der Waals surface area (Å²) in [4.78, 5) is 42.4. The highest BCUT2D eigenvalue weighted by atomic mass is 19.1. The Labute approximate surface area is 218 Å². The summed E-state index contributed by atoms with van der Waals surface area (Å²) < 4.78 is 18.8. The highest BCUT2D eigenvalue weighted by Gasteiger charge is 2.55. The van der Waals surface area contributed by atoms with Crippen LogP contribution in [0.2, 0.25) is 0 Å². The average Bonchev–Trinajstić information content (AvgIpc) is 3.53. The van der Waals surface area contributed by atoms with Crippen LogP contribution in [-0.4, -0.2) is 35.3 Å². The van der Waals surface area contributed by atoms with Gasteiger partial charge in [-0.1, -0.05) is 75.1 Å². The lowest BCUT2D eigenvalue weighted by Gasteiger charge is -2.32. The molecule has 6 nitrogen and oxygen atoms in total. The zero-order valence-electron chi connectivity index (χ0n) is 21.7. The van der Waals surface area contributed by atoms with Crippen LogP contribution >= 0.6 is 0 Å². The van der Waals surface area contributed by atoms with Gasteiger partial charge in [-0.05, 0) is 42.5 Å². The van der Waals surface area contributed by atoms with Gasteiger partial charge in [0.25, 0.3) is 0 Å². The molecule has 4 rings (SSSR count). The van der Waals surface area contributed by atoms with E-state index in [1.807, 2.05) is 37.3 Å². The fourth-order valence-corrected chi connectivity index (χ4v) is 6.01. The minimum atomic E-state index is -0.823. The molecular formula is C30H37FN2O4. The number of amides is 2. The molecule has 1 heterocycles. The molecule has 0 bridgehead atoms. The number of ether oxygens (including phenoxy) is 1. The van der Waals surface area contributed by atoms with Crippen LogP contribution in [-0.2, 0) is 25.7 Å². The van der Waals surface area contributed by atoms with Crippen LogP contribution in [0.1, 0.15) is 69.5 Å². The van der Waals surface area contributed by atoms with E-state index in [4.69, 9.17) is 4.74 Å². The summed E-state index contributed by atoms with van der Waals surface area (Å²) in [6.07, 6.45) is 5.81. The van der Waals surface area contributed by atoms with Gasteiger partial charge in [0.1, 0.15) is 11.9 Å². The third-order valence-electron chi connectivity index (χ3n) is 7.88. The Morgan fingerprint density at radius 2 is 1.70 bits per heavy atom. The Balaban J connectivity index is 1.64. The second kappa shape index (κ2) is 12.3. The normalized spacial score (nSPS) is 23.7. The second-order valence-corrected chi connectivity index (χ2v) is 10.3. The van der Waals surface area contributed by atoms with Gasteiger partial charge in [-0.3, -0.25) is 14.4 Å². The van der Waals surface area contributed by atoms with Crippen molar-refractivity contribution in [3.05, 3.63) is 71.5 Å². The van der Waals surface area contributed by atoms with Gasteiger partial charge in [-0.15, -0.1) is 0 Å². The second-order valence-electron chi connectivity index (χ2n) is 10.3. The third-order valence-corrected chi connectivity index (χ3v) is 7.88. The van der Waals surface area contributed by atoms with Crippen LogP contribution in [0.15, 0.2) is 54.6 Å². The summed E-state index contributed by atoms with van der Waals surface area (Å²) in [6.45, 7) is 4.03. The molecule has 37 heavy (non-hydrogen) atoms. The zero-order valence-corrected chi connectivity index (χ0v) is 21.7. The average molecular weight is 509 g/mol. The Morgan fingerprint density at radius 3 is 2.35 bits per heavy atom. The number of hydrogen-bond donors (Lipinski definition) is 1. The number of carbonyl (C=O) groups is 3. The largest absolute Gasteiger partial charge is 0.466 e. The van der Waals surface area contributed by atoms with E-state index >= 15 is 0 Å². The van der Waals surface area contributed by atoms with Crippen molar-refractivity contribution < 1.29 is 23.5 Å². The summed E-state index contributed by atoms with van der Waals surface area (Å²) in [6, 6.07) is 14.0. The number of benzene rings is 2. The molecule has 0 spiro atoms. The molecule has 4 atom stereocenters. The van der Waals surface area contributed by atoms with Crippen LogP contribution in [0, 0.1) is 23.6 Å². The number of rotatable bonds is 9. The van der Waals surface area contributed by atoms with Gasteiger partial charge in [-0.25, -0.2) is 4.39 Å². The number of carbonyl (C=O) groups excluding carboxylic acids is 3. The third kappa shape index (κ3) is 6.20. The van der Waals surface area contributed by atoms with E-state index in [0.29, 0.717) is 12.3 Å². The van der Waals surface area contributed by atoms with E-state index < -0.39 is 29.9 Å². The molecule has 2 aliphatic rings. The minimum Gasteiger partial charge on any atom is -0.466 e. The lowest BCUT2D eigenvalue weighted by Crippen LogP contribution is -2.48. The maximum absolute atomic E-state index is 13.8. The van der Waals surface area contributed by atoms with E-state index in [0.717, 1.165) is 30.4 Å². The number of nitrogens with one attached hydrogen (secondary N) is 1. The predicted molar refractivity (Wildman–Crippen MR) is 139 cm³/mol. The van der Waals surface area contributed by atoms with E-state index in [-0.39, 0.29) is 30.8 Å². The Kier molecular flexibility index (Phi) is 8.95. The molecule has 0 radical (unpaired) electrons. The van der Waals surface area contributed by atoms with Crippen molar-refractivity contribution in [2.75, 3.05) is 6.61 Å². The minimum absolute atomic E-state index is 0.110. The fraction of sp³-hybridized carbons (Fsp3) is 0.500. The number of esters is 1. The van der Waals surface area contributed by atoms with Gasteiger partial charge in [0, 0.05) is 18.9 Å². The molecule has 2 fully saturated rings. The summed E-state index contributed by atoms with van der Waals surface area (Å²) in [5, 5.41) is 2.93. The molecule has 0 aromatic heterocycles. The number of halogens is 1. The molecule has 1 saturated heterocycles. The predicted octanol–water partition coefficient (Wildman–Crippen LogP) is 5.18. The van der Waals surface area contributed by atoms with E-state index in [1.165, 1.54) is 25.0 Å². The molecule has 2 aromatic rings. The summed E-state index contributed by atoms with van der Waals surface area (Å²) in [5.74, 6) is -1.76. The molecule has 198 valence electrons. The van der Waals surface area contributed by atoms with Crippen LogP contribution < -0.4 is 5.32 Å². The van der Waals surface area contributed by atoms with E-state index in [9.17, 15) is 18.8 Å². The van der Waals surface area contributed by atoms with E-state index in [1.54, 1.807) is 24.0 Å². The summed E-state index contributed by atoms with van der Waals surface area (Å²) >= 11 is 0.